The van der Waals surface area contributed by atoms with E-state index in [-0.39, 0.29) is 6.01 Å². The lowest BCUT2D eigenvalue weighted by Gasteiger charge is -2.06. The molecule has 15 heavy (non-hydrogen) atoms. The Labute approximate surface area is 88.9 Å². The lowest BCUT2D eigenvalue weighted by molar-refractivity contribution is 0.594. The van der Waals surface area contributed by atoms with E-state index in [1.165, 1.54) is 16.7 Å². The first-order valence-corrected chi connectivity index (χ1v) is 4.87. The van der Waals surface area contributed by atoms with E-state index in [9.17, 15) is 0 Å². The predicted molar refractivity (Wildman–Crippen MR) is 60.6 cm³/mol. The molecule has 0 spiro atoms. The minimum atomic E-state index is 0.211. The van der Waals surface area contributed by atoms with Gasteiger partial charge in [-0.25, -0.2) is 4.98 Å². The zero-order chi connectivity index (χ0) is 11.0. The molecule has 0 atom stereocenters. The average molecular weight is 202 g/mol. The molecule has 0 unspecified atom stereocenters. The molecule has 3 heteroatoms. The highest BCUT2D eigenvalue weighted by Crippen LogP contribution is 2.27. The highest BCUT2D eigenvalue weighted by molar-refractivity contribution is 5.63. The molecule has 3 nitrogen and oxygen atoms in total. The summed E-state index contributed by atoms with van der Waals surface area (Å²) in [6.45, 7) is 6.24. The van der Waals surface area contributed by atoms with Gasteiger partial charge >= 0.3 is 0 Å². The Morgan fingerprint density at radius 2 is 1.73 bits per heavy atom. The van der Waals surface area contributed by atoms with Crippen LogP contribution in [0.3, 0.4) is 0 Å². The number of rotatable bonds is 1. The van der Waals surface area contributed by atoms with Gasteiger partial charge in [-0.15, -0.1) is 0 Å². The van der Waals surface area contributed by atoms with Gasteiger partial charge in [0.05, 0.1) is 6.20 Å². The first kappa shape index (κ1) is 9.77. The second-order valence-corrected chi connectivity index (χ2v) is 3.81. The van der Waals surface area contributed by atoms with Crippen LogP contribution >= 0.6 is 0 Å². The summed E-state index contributed by atoms with van der Waals surface area (Å²) in [5.74, 6) is 0.730. The van der Waals surface area contributed by atoms with Crippen molar-refractivity contribution in [1.29, 1.82) is 0 Å². The zero-order valence-electron chi connectivity index (χ0n) is 9.16. The molecule has 0 aliphatic rings. The molecule has 1 aromatic heterocycles. The molecule has 2 rings (SSSR count). The maximum atomic E-state index is 5.46. The number of nitrogen functional groups attached to an aromatic ring is 1. The fourth-order valence-corrected chi connectivity index (χ4v) is 1.64. The van der Waals surface area contributed by atoms with Crippen LogP contribution in [0, 0.1) is 20.8 Å². The van der Waals surface area contributed by atoms with Crippen LogP contribution in [0.4, 0.5) is 6.01 Å². The molecule has 0 aliphatic heterocycles. The van der Waals surface area contributed by atoms with Crippen molar-refractivity contribution in [3.8, 4) is 11.3 Å². The highest BCUT2D eigenvalue weighted by atomic mass is 16.4. The van der Waals surface area contributed by atoms with Gasteiger partial charge in [0.15, 0.2) is 5.76 Å². The average Bonchev–Trinajstić information content (AvgIpc) is 2.58. The number of benzene rings is 1. The second-order valence-electron chi connectivity index (χ2n) is 3.81. The summed E-state index contributed by atoms with van der Waals surface area (Å²) in [4.78, 5) is 3.90. The van der Waals surface area contributed by atoms with Gasteiger partial charge in [-0.1, -0.05) is 6.07 Å². The van der Waals surface area contributed by atoms with E-state index >= 15 is 0 Å². The summed E-state index contributed by atoms with van der Waals surface area (Å²) in [5.41, 5.74) is 10.2. The summed E-state index contributed by atoms with van der Waals surface area (Å²) in [7, 11) is 0. The van der Waals surface area contributed by atoms with Crippen LogP contribution in [0.25, 0.3) is 11.3 Å². The third-order valence-electron chi connectivity index (χ3n) is 2.63. The van der Waals surface area contributed by atoms with Gasteiger partial charge in [0.2, 0.25) is 0 Å². The number of aryl methyl sites for hydroxylation is 3. The monoisotopic (exact) mass is 202 g/mol. The van der Waals surface area contributed by atoms with Crippen molar-refractivity contribution in [2.24, 2.45) is 0 Å². The Balaban J connectivity index is 2.58. The number of anilines is 1. The molecule has 1 aromatic carbocycles. The molecule has 2 aromatic rings. The van der Waals surface area contributed by atoms with Gasteiger partial charge < -0.3 is 10.2 Å². The molecule has 0 saturated carbocycles. The minimum absolute atomic E-state index is 0.211. The molecule has 0 fully saturated rings. The molecule has 78 valence electrons. The lowest BCUT2D eigenvalue weighted by Crippen LogP contribution is -1.87. The minimum Gasteiger partial charge on any atom is -0.424 e. The third kappa shape index (κ3) is 1.73. The summed E-state index contributed by atoms with van der Waals surface area (Å²) in [6, 6.07) is 4.45. The SMILES string of the molecule is Cc1cc(C)c(-c2cnc(N)o2)cc1C. The van der Waals surface area contributed by atoms with Gasteiger partial charge in [-0.05, 0) is 43.5 Å². The van der Waals surface area contributed by atoms with E-state index < -0.39 is 0 Å². The van der Waals surface area contributed by atoms with E-state index in [2.05, 4.69) is 37.9 Å². The van der Waals surface area contributed by atoms with Crippen molar-refractivity contribution in [1.82, 2.24) is 4.98 Å². The first-order chi connectivity index (χ1) is 7.08. The Morgan fingerprint density at radius 3 is 2.33 bits per heavy atom. The predicted octanol–water partition coefficient (Wildman–Crippen LogP) is 2.85. The zero-order valence-corrected chi connectivity index (χ0v) is 9.16. The molecule has 2 N–H and O–H groups in total. The Morgan fingerprint density at radius 1 is 1.07 bits per heavy atom. The summed E-state index contributed by atoms with van der Waals surface area (Å²) >= 11 is 0. The van der Waals surface area contributed by atoms with Crippen molar-refractivity contribution in [2.45, 2.75) is 20.8 Å². The van der Waals surface area contributed by atoms with Crippen molar-refractivity contribution in [3.63, 3.8) is 0 Å². The molecule has 0 aliphatic carbocycles. The molecular weight excluding hydrogens is 188 g/mol. The van der Waals surface area contributed by atoms with Crippen LogP contribution in [0.5, 0.6) is 0 Å². The molecule has 0 saturated heterocycles. The Kier molecular flexibility index (Phi) is 2.23. The number of hydrogen-bond acceptors (Lipinski definition) is 3. The first-order valence-electron chi connectivity index (χ1n) is 4.87. The summed E-state index contributed by atoms with van der Waals surface area (Å²) < 4.78 is 5.31. The number of oxazole rings is 1. The summed E-state index contributed by atoms with van der Waals surface area (Å²) in [6.07, 6.45) is 1.66. The molecule has 0 bridgehead atoms. The maximum absolute atomic E-state index is 5.46. The standard InChI is InChI=1S/C12H14N2O/c1-7-4-9(3)10(5-8(7)2)11-6-14-12(13)15-11/h4-6H,1-3H3,(H2,13,14). The van der Waals surface area contributed by atoms with Crippen LogP contribution < -0.4 is 5.73 Å². The number of hydrogen-bond donors (Lipinski definition) is 1. The van der Waals surface area contributed by atoms with Crippen LogP contribution in [-0.4, -0.2) is 4.98 Å². The fraction of sp³-hybridized carbons (Fsp3) is 0.250. The maximum Gasteiger partial charge on any atom is 0.292 e. The highest BCUT2D eigenvalue weighted by Gasteiger charge is 2.08. The largest absolute Gasteiger partial charge is 0.424 e. The van der Waals surface area contributed by atoms with Crippen molar-refractivity contribution in [2.75, 3.05) is 5.73 Å². The van der Waals surface area contributed by atoms with E-state index in [0.717, 1.165) is 11.3 Å². The summed E-state index contributed by atoms with van der Waals surface area (Å²) in [5, 5.41) is 0. The molecule has 0 amide bonds. The van der Waals surface area contributed by atoms with E-state index in [1.807, 2.05) is 0 Å². The lowest BCUT2D eigenvalue weighted by atomic mass is 10.00. The van der Waals surface area contributed by atoms with Crippen LogP contribution in [0.15, 0.2) is 22.7 Å². The van der Waals surface area contributed by atoms with Crippen LogP contribution in [0.1, 0.15) is 16.7 Å². The number of aromatic nitrogens is 1. The van der Waals surface area contributed by atoms with Gasteiger partial charge in [-0.3, -0.25) is 0 Å². The normalized spacial score (nSPS) is 10.6. The van der Waals surface area contributed by atoms with Crippen LogP contribution in [-0.2, 0) is 0 Å². The van der Waals surface area contributed by atoms with Crippen LogP contribution in [0.2, 0.25) is 0 Å². The Bertz CT molecular complexity index is 500. The van der Waals surface area contributed by atoms with Crippen molar-refractivity contribution < 1.29 is 4.42 Å². The number of nitrogens with two attached hydrogens (primary N) is 1. The van der Waals surface area contributed by atoms with E-state index in [4.69, 9.17) is 10.2 Å². The second kappa shape index (κ2) is 3.42. The fourth-order valence-electron chi connectivity index (χ4n) is 1.64. The van der Waals surface area contributed by atoms with Gasteiger partial charge in [0.1, 0.15) is 0 Å². The molecule has 1 heterocycles. The Hall–Kier alpha value is -1.77. The topological polar surface area (TPSA) is 52.0 Å². The van der Waals surface area contributed by atoms with Gasteiger partial charge in [0.25, 0.3) is 6.01 Å². The third-order valence-corrected chi connectivity index (χ3v) is 2.63. The smallest absolute Gasteiger partial charge is 0.292 e. The van der Waals surface area contributed by atoms with E-state index in [0.29, 0.717) is 0 Å². The van der Waals surface area contributed by atoms with Gasteiger partial charge in [0, 0.05) is 5.56 Å². The van der Waals surface area contributed by atoms with Crippen molar-refractivity contribution >= 4 is 6.01 Å². The quantitative estimate of drug-likeness (QED) is 0.773. The number of nitrogens with zero attached hydrogens (tertiary/aromatic N) is 1. The molecular formula is C12H14N2O. The van der Waals surface area contributed by atoms with E-state index in [1.54, 1.807) is 6.20 Å². The van der Waals surface area contributed by atoms with Crippen molar-refractivity contribution in [3.05, 3.63) is 35.0 Å². The van der Waals surface area contributed by atoms with Gasteiger partial charge in [-0.2, -0.15) is 0 Å². The molecule has 0 radical (unpaired) electrons.